The molecule has 0 saturated carbocycles. The van der Waals surface area contributed by atoms with Crippen LogP contribution in [0.5, 0.6) is 0 Å². The first-order chi connectivity index (χ1) is 13.9. The van der Waals surface area contributed by atoms with Crippen LogP contribution in [0.15, 0.2) is 48.5 Å². The number of benzene rings is 2. The van der Waals surface area contributed by atoms with Crippen molar-refractivity contribution in [1.82, 2.24) is 4.90 Å². The first-order valence-corrected chi connectivity index (χ1v) is 8.73. The van der Waals surface area contributed by atoms with Gasteiger partial charge in [-0.1, -0.05) is 30.3 Å². The fraction of sp³-hybridized carbons (Fsp3) is 0.350. The van der Waals surface area contributed by atoms with E-state index in [1.54, 1.807) is 30.3 Å². The molecule has 0 bridgehead atoms. The predicted octanol–water partition coefficient (Wildman–Crippen LogP) is 5.63. The Labute approximate surface area is 168 Å². The summed E-state index contributed by atoms with van der Waals surface area (Å²) in [6, 6.07) is 9.94. The molecule has 30 heavy (non-hydrogen) atoms. The summed E-state index contributed by atoms with van der Waals surface area (Å²) in [6.07, 6.45) is -11.1. The molecule has 0 aliphatic heterocycles. The lowest BCUT2D eigenvalue weighted by atomic mass is 9.99. The Balaban J connectivity index is 2.18. The molecule has 1 N–H and O–H groups in total. The van der Waals surface area contributed by atoms with Gasteiger partial charge in [0.1, 0.15) is 0 Å². The second-order valence-corrected chi connectivity index (χ2v) is 6.70. The molecule has 2 aromatic rings. The minimum absolute atomic E-state index is 0.0374. The number of hydrogen-bond donors (Lipinski definition) is 1. The highest BCUT2D eigenvalue weighted by atomic mass is 19.4. The molecular weight excluding hydrogens is 416 g/mol. The lowest BCUT2D eigenvalue weighted by Crippen LogP contribution is -2.31. The van der Waals surface area contributed by atoms with Gasteiger partial charge in [-0.2, -0.15) is 26.3 Å². The normalized spacial score (nSPS) is 13.2. The number of hydrogen-bond acceptors (Lipinski definition) is 2. The van der Waals surface area contributed by atoms with Gasteiger partial charge in [0.25, 0.3) is 0 Å². The van der Waals surface area contributed by atoms with E-state index < -0.39 is 42.1 Å². The quantitative estimate of drug-likeness (QED) is 0.573. The highest BCUT2D eigenvalue weighted by molar-refractivity contribution is 5.64. The van der Waals surface area contributed by atoms with Crippen LogP contribution in [0.2, 0.25) is 0 Å². The molecule has 10 heteroatoms. The van der Waals surface area contributed by atoms with Crippen LogP contribution in [0.1, 0.15) is 28.2 Å². The van der Waals surface area contributed by atoms with Crippen molar-refractivity contribution in [3.8, 4) is 0 Å². The lowest BCUT2D eigenvalue weighted by Gasteiger charge is -2.23. The number of likely N-dealkylation sites (N-methyl/N-ethyl adjacent to an activating group) is 1. The van der Waals surface area contributed by atoms with Gasteiger partial charge in [0, 0.05) is 19.5 Å². The average Bonchev–Trinajstić information content (AvgIpc) is 2.66. The van der Waals surface area contributed by atoms with Gasteiger partial charge in [0.2, 0.25) is 0 Å². The third kappa shape index (κ3) is 6.65. The van der Waals surface area contributed by atoms with Crippen molar-refractivity contribution in [2.45, 2.75) is 24.9 Å². The van der Waals surface area contributed by atoms with Gasteiger partial charge in [-0.25, -0.2) is 4.79 Å². The first-order valence-electron chi connectivity index (χ1n) is 8.73. The van der Waals surface area contributed by atoms with Crippen molar-refractivity contribution >= 4 is 6.09 Å². The van der Waals surface area contributed by atoms with Crippen LogP contribution in [0.25, 0.3) is 0 Å². The maximum absolute atomic E-state index is 13.0. The minimum atomic E-state index is -4.94. The summed E-state index contributed by atoms with van der Waals surface area (Å²) in [5.74, 6) is -0.458. The number of carboxylic acid groups (broad SMARTS) is 1. The fourth-order valence-corrected chi connectivity index (χ4v) is 2.81. The molecule has 0 spiro atoms. The Morgan fingerprint density at radius 2 is 1.53 bits per heavy atom. The second kappa shape index (κ2) is 9.38. The maximum atomic E-state index is 13.0. The zero-order valence-corrected chi connectivity index (χ0v) is 15.8. The summed E-state index contributed by atoms with van der Waals surface area (Å²) in [6.45, 7) is -0.553. The molecule has 0 saturated heterocycles. The molecule has 0 aliphatic carbocycles. The second-order valence-electron chi connectivity index (χ2n) is 6.70. The number of rotatable bonds is 7. The lowest BCUT2D eigenvalue weighted by molar-refractivity contribution is -0.143. The van der Waals surface area contributed by atoms with Crippen molar-refractivity contribution in [3.63, 3.8) is 0 Å². The molecule has 0 aliphatic rings. The Morgan fingerprint density at radius 1 is 1.00 bits per heavy atom. The molecule has 2 aromatic carbocycles. The number of ether oxygens (including phenoxy) is 1. The molecule has 0 fully saturated rings. The summed E-state index contributed by atoms with van der Waals surface area (Å²) in [4.78, 5) is 12.1. The standard InChI is InChI=1S/C20H19F6NO3/c1-27(18(28)29)10-15(14-5-3-2-4-6-14)12-30-11-13-7-16(19(21,22)23)9-17(8-13)20(24,25)26/h2-9,15H,10-12H2,1H3,(H,28,29). The van der Waals surface area contributed by atoms with Crippen LogP contribution in [0.3, 0.4) is 0 Å². The van der Waals surface area contributed by atoms with Crippen molar-refractivity contribution in [1.29, 1.82) is 0 Å². The third-order valence-electron chi connectivity index (χ3n) is 4.33. The van der Waals surface area contributed by atoms with E-state index in [4.69, 9.17) is 9.84 Å². The third-order valence-corrected chi connectivity index (χ3v) is 4.33. The summed E-state index contributed by atoms with van der Waals surface area (Å²) < 4.78 is 83.1. The van der Waals surface area contributed by atoms with Crippen LogP contribution in [-0.2, 0) is 23.7 Å². The number of carbonyl (C=O) groups is 1. The molecular formula is C20H19F6NO3. The van der Waals surface area contributed by atoms with Crippen LogP contribution in [-0.4, -0.2) is 36.3 Å². The molecule has 0 aromatic heterocycles. The number of amides is 1. The van der Waals surface area contributed by atoms with Gasteiger partial charge in [0.15, 0.2) is 0 Å². The Hall–Kier alpha value is -2.75. The summed E-state index contributed by atoms with van der Waals surface area (Å²) in [7, 11) is 1.35. The van der Waals surface area contributed by atoms with Crippen LogP contribution >= 0.6 is 0 Å². The van der Waals surface area contributed by atoms with Crippen LogP contribution in [0, 0.1) is 0 Å². The van der Waals surface area contributed by atoms with Gasteiger partial charge in [-0.3, -0.25) is 0 Å². The minimum Gasteiger partial charge on any atom is -0.465 e. The molecule has 0 heterocycles. The molecule has 4 nitrogen and oxygen atoms in total. The largest absolute Gasteiger partial charge is 0.465 e. The van der Waals surface area contributed by atoms with Gasteiger partial charge >= 0.3 is 18.4 Å². The smallest absolute Gasteiger partial charge is 0.416 e. The van der Waals surface area contributed by atoms with Crippen molar-refractivity contribution in [3.05, 3.63) is 70.8 Å². The monoisotopic (exact) mass is 435 g/mol. The van der Waals surface area contributed by atoms with Gasteiger partial charge in [-0.15, -0.1) is 0 Å². The molecule has 1 amide bonds. The fourth-order valence-electron chi connectivity index (χ4n) is 2.81. The van der Waals surface area contributed by atoms with Crippen LogP contribution in [0.4, 0.5) is 31.1 Å². The Bertz CT molecular complexity index is 820. The Morgan fingerprint density at radius 3 is 2.00 bits per heavy atom. The number of halogens is 6. The predicted molar refractivity (Wildman–Crippen MR) is 95.9 cm³/mol. The van der Waals surface area contributed by atoms with E-state index in [-0.39, 0.29) is 24.8 Å². The summed E-state index contributed by atoms with van der Waals surface area (Å²) in [5, 5.41) is 9.07. The van der Waals surface area contributed by atoms with E-state index in [0.717, 1.165) is 10.5 Å². The maximum Gasteiger partial charge on any atom is 0.416 e. The van der Waals surface area contributed by atoms with Crippen molar-refractivity contribution in [2.75, 3.05) is 20.2 Å². The van der Waals surface area contributed by atoms with Crippen molar-refractivity contribution < 1.29 is 41.0 Å². The van der Waals surface area contributed by atoms with E-state index >= 15 is 0 Å². The highest BCUT2D eigenvalue weighted by Crippen LogP contribution is 2.36. The van der Waals surface area contributed by atoms with E-state index in [2.05, 4.69) is 0 Å². The van der Waals surface area contributed by atoms with E-state index in [1.807, 2.05) is 0 Å². The molecule has 0 radical (unpaired) electrons. The molecule has 2 rings (SSSR count). The van der Waals surface area contributed by atoms with E-state index in [1.165, 1.54) is 7.05 Å². The zero-order chi connectivity index (χ0) is 22.5. The summed E-state index contributed by atoms with van der Waals surface area (Å²) in [5.41, 5.74) is -2.39. The highest BCUT2D eigenvalue weighted by Gasteiger charge is 2.36. The van der Waals surface area contributed by atoms with E-state index in [0.29, 0.717) is 12.1 Å². The molecule has 1 atom stereocenters. The number of nitrogens with zero attached hydrogens (tertiary/aromatic N) is 1. The van der Waals surface area contributed by atoms with E-state index in [9.17, 15) is 31.1 Å². The summed E-state index contributed by atoms with van der Waals surface area (Å²) >= 11 is 0. The molecule has 164 valence electrons. The first kappa shape index (κ1) is 23.5. The topological polar surface area (TPSA) is 49.8 Å². The van der Waals surface area contributed by atoms with Gasteiger partial charge in [0.05, 0.1) is 24.3 Å². The number of alkyl halides is 6. The SMILES string of the molecule is CN(CC(COCc1cc(C(F)(F)F)cc(C(F)(F)F)c1)c1ccccc1)C(=O)O. The van der Waals surface area contributed by atoms with Crippen LogP contribution < -0.4 is 0 Å². The van der Waals surface area contributed by atoms with Gasteiger partial charge in [-0.05, 0) is 29.3 Å². The van der Waals surface area contributed by atoms with Gasteiger partial charge < -0.3 is 14.7 Å². The Kier molecular flexibility index (Phi) is 7.35. The zero-order valence-electron chi connectivity index (χ0n) is 15.8. The van der Waals surface area contributed by atoms with Crippen molar-refractivity contribution in [2.24, 2.45) is 0 Å². The average molecular weight is 435 g/mol. The molecule has 1 unspecified atom stereocenters.